The van der Waals surface area contributed by atoms with Crippen molar-refractivity contribution in [3.63, 3.8) is 0 Å². The molecule has 4 heteroatoms. The van der Waals surface area contributed by atoms with Gasteiger partial charge in [-0.05, 0) is 25.7 Å². The molecule has 0 aliphatic heterocycles. The van der Waals surface area contributed by atoms with Crippen molar-refractivity contribution in [3.8, 4) is 0 Å². The van der Waals surface area contributed by atoms with Gasteiger partial charge in [-0.15, -0.1) is 0 Å². The number of carboxylic acid groups (broad SMARTS) is 1. The van der Waals surface area contributed by atoms with Gasteiger partial charge in [0, 0.05) is 6.04 Å². The van der Waals surface area contributed by atoms with Crippen LogP contribution >= 0.6 is 0 Å². The molecular weight excluding hydrogens is 182 g/mol. The number of amides is 1. The second-order valence-electron chi connectivity index (χ2n) is 4.08. The lowest BCUT2D eigenvalue weighted by Gasteiger charge is -2.18. The third-order valence-electron chi connectivity index (χ3n) is 2.95. The lowest BCUT2D eigenvalue weighted by molar-refractivity contribution is -0.146. The van der Waals surface area contributed by atoms with E-state index >= 15 is 0 Å². The van der Waals surface area contributed by atoms with Gasteiger partial charge >= 0.3 is 5.97 Å². The molecule has 0 heterocycles. The minimum Gasteiger partial charge on any atom is -0.481 e. The van der Waals surface area contributed by atoms with Crippen molar-refractivity contribution in [2.45, 2.75) is 39.2 Å². The Morgan fingerprint density at radius 3 is 2.50 bits per heavy atom. The number of nitrogens with one attached hydrogen (secondary N) is 1. The summed E-state index contributed by atoms with van der Waals surface area (Å²) in [7, 11) is 0. The molecule has 1 aliphatic carbocycles. The van der Waals surface area contributed by atoms with Gasteiger partial charge in [0.25, 0.3) is 0 Å². The summed E-state index contributed by atoms with van der Waals surface area (Å²) in [6.45, 7) is 3.50. The predicted molar refractivity (Wildman–Crippen MR) is 51.7 cm³/mol. The van der Waals surface area contributed by atoms with Gasteiger partial charge in [-0.3, -0.25) is 9.59 Å². The first-order valence-electron chi connectivity index (χ1n) is 5.05. The third kappa shape index (κ3) is 2.47. The van der Waals surface area contributed by atoms with E-state index in [1.807, 2.05) is 0 Å². The zero-order valence-electron chi connectivity index (χ0n) is 8.62. The number of hydrogen-bond donors (Lipinski definition) is 2. The molecule has 1 amide bonds. The Labute approximate surface area is 83.7 Å². The fraction of sp³-hybridized carbons (Fsp3) is 0.800. The molecule has 0 saturated heterocycles. The lowest BCUT2D eigenvalue weighted by Crippen LogP contribution is -2.41. The van der Waals surface area contributed by atoms with Crippen molar-refractivity contribution >= 4 is 11.9 Å². The van der Waals surface area contributed by atoms with E-state index in [2.05, 4.69) is 12.2 Å². The van der Waals surface area contributed by atoms with E-state index in [1.165, 1.54) is 6.92 Å². The number of carbonyl (C=O) groups excluding carboxylic acids is 1. The quantitative estimate of drug-likeness (QED) is 0.667. The zero-order chi connectivity index (χ0) is 10.7. The molecule has 0 bridgehead atoms. The molecule has 0 spiro atoms. The number of rotatable bonds is 3. The summed E-state index contributed by atoms with van der Waals surface area (Å²) < 4.78 is 0. The Morgan fingerprint density at radius 1 is 1.43 bits per heavy atom. The van der Waals surface area contributed by atoms with Crippen LogP contribution in [0.25, 0.3) is 0 Å². The Bertz CT molecular complexity index is 240. The molecule has 0 radical (unpaired) electrons. The van der Waals surface area contributed by atoms with Crippen LogP contribution in [0.3, 0.4) is 0 Å². The maximum atomic E-state index is 11.4. The maximum absolute atomic E-state index is 11.4. The number of carboxylic acids is 1. The van der Waals surface area contributed by atoms with Gasteiger partial charge in [0.1, 0.15) is 5.92 Å². The molecular formula is C10H17NO3. The molecule has 3 atom stereocenters. The van der Waals surface area contributed by atoms with Gasteiger partial charge in [-0.2, -0.15) is 0 Å². The van der Waals surface area contributed by atoms with E-state index in [4.69, 9.17) is 5.11 Å². The summed E-state index contributed by atoms with van der Waals surface area (Å²) in [5, 5.41) is 11.4. The summed E-state index contributed by atoms with van der Waals surface area (Å²) in [5.74, 6) is -1.90. The van der Waals surface area contributed by atoms with Crippen LogP contribution in [0.2, 0.25) is 0 Å². The molecule has 1 fully saturated rings. The van der Waals surface area contributed by atoms with Crippen LogP contribution in [-0.4, -0.2) is 23.0 Å². The van der Waals surface area contributed by atoms with Gasteiger partial charge in [0.05, 0.1) is 0 Å². The van der Waals surface area contributed by atoms with Crippen molar-refractivity contribution in [1.29, 1.82) is 0 Å². The Kier molecular flexibility index (Phi) is 3.49. The van der Waals surface area contributed by atoms with Crippen molar-refractivity contribution in [2.24, 2.45) is 11.8 Å². The largest absolute Gasteiger partial charge is 0.481 e. The first-order valence-corrected chi connectivity index (χ1v) is 5.05. The molecule has 1 aliphatic rings. The normalized spacial score (nSPS) is 28.4. The fourth-order valence-electron chi connectivity index (χ4n) is 1.78. The fourth-order valence-corrected chi connectivity index (χ4v) is 1.78. The minimum absolute atomic E-state index is 0.171. The summed E-state index contributed by atoms with van der Waals surface area (Å²) in [6.07, 6.45) is 3.21. The van der Waals surface area contributed by atoms with Gasteiger partial charge in [-0.25, -0.2) is 0 Å². The summed E-state index contributed by atoms with van der Waals surface area (Å²) in [5.41, 5.74) is 0. The molecule has 80 valence electrons. The maximum Gasteiger partial charge on any atom is 0.315 e. The first-order chi connectivity index (χ1) is 6.52. The third-order valence-corrected chi connectivity index (χ3v) is 2.95. The highest BCUT2D eigenvalue weighted by Gasteiger charge is 2.28. The monoisotopic (exact) mass is 199 g/mol. The highest BCUT2D eigenvalue weighted by molar-refractivity contribution is 5.96. The van der Waals surface area contributed by atoms with Crippen LogP contribution in [0.15, 0.2) is 0 Å². The van der Waals surface area contributed by atoms with Crippen molar-refractivity contribution in [3.05, 3.63) is 0 Å². The van der Waals surface area contributed by atoms with Gasteiger partial charge in [0.2, 0.25) is 5.91 Å². The van der Waals surface area contributed by atoms with Crippen LogP contribution in [0.5, 0.6) is 0 Å². The van der Waals surface area contributed by atoms with E-state index in [-0.39, 0.29) is 11.9 Å². The summed E-state index contributed by atoms with van der Waals surface area (Å²) in [6, 6.07) is 0.171. The highest BCUT2D eigenvalue weighted by Crippen LogP contribution is 2.24. The molecule has 2 N–H and O–H groups in total. The van der Waals surface area contributed by atoms with Crippen molar-refractivity contribution in [1.82, 2.24) is 5.32 Å². The van der Waals surface area contributed by atoms with Crippen LogP contribution in [0, 0.1) is 11.8 Å². The average molecular weight is 199 g/mol. The first kappa shape index (κ1) is 11.0. The van der Waals surface area contributed by atoms with Crippen molar-refractivity contribution in [2.75, 3.05) is 0 Å². The molecule has 0 aromatic carbocycles. The molecule has 1 rings (SSSR count). The summed E-state index contributed by atoms with van der Waals surface area (Å²) >= 11 is 0. The second-order valence-corrected chi connectivity index (χ2v) is 4.08. The van der Waals surface area contributed by atoms with Gasteiger partial charge < -0.3 is 10.4 Å². The molecule has 1 saturated carbocycles. The zero-order valence-corrected chi connectivity index (χ0v) is 8.62. The SMILES string of the molecule is CC(C(=O)O)C(=O)NC1CCCC1C. The highest BCUT2D eigenvalue weighted by atomic mass is 16.4. The van der Waals surface area contributed by atoms with E-state index in [9.17, 15) is 9.59 Å². The van der Waals surface area contributed by atoms with Gasteiger partial charge in [-0.1, -0.05) is 13.3 Å². The molecule has 4 nitrogen and oxygen atoms in total. The van der Waals surface area contributed by atoms with Gasteiger partial charge in [0.15, 0.2) is 0 Å². The van der Waals surface area contributed by atoms with Crippen LogP contribution in [0.1, 0.15) is 33.1 Å². The van der Waals surface area contributed by atoms with Crippen LogP contribution in [0.4, 0.5) is 0 Å². The smallest absolute Gasteiger partial charge is 0.315 e. The molecule has 0 aromatic rings. The molecule has 3 unspecified atom stereocenters. The summed E-state index contributed by atoms with van der Waals surface area (Å²) in [4.78, 5) is 21.9. The number of aliphatic carboxylic acids is 1. The van der Waals surface area contributed by atoms with Crippen LogP contribution in [-0.2, 0) is 9.59 Å². The Morgan fingerprint density at radius 2 is 2.07 bits per heavy atom. The second kappa shape index (κ2) is 4.44. The standard InChI is InChI=1S/C10H17NO3/c1-6-4-3-5-8(6)11-9(12)7(2)10(13)14/h6-8H,3-5H2,1-2H3,(H,11,12)(H,13,14). The Hall–Kier alpha value is -1.06. The van der Waals surface area contributed by atoms with E-state index < -0.39 is 11.9 Å². The topological polar surface area (TPSA) is 66.4 Å². The van der Waals surface area contributed by atoms with E-state index in [0.717, 1.165) is 19.3 Å². The van der Waals surface area contributed by atoms with E-state index in [1.54, 1.807) is 0 Å². The number of hydrogen-bond acceptors (Lipinski definition) is 2. The minimum atomic E-state index is -1.06. The van der Waals surface area contributed by atoms with Crippen LogP contribution < -0.4 is 5.32 Å². The molecule has 0 aromatic heterocycles. The average Bonchev–Trinajstić information content (AvgIpc) is 2.50. The predicted octanol–water partition coefficient (Wildman–Crippen LogP) is 1.01. The lowest BCUT2D eigenvalue weighted by atomic mass is 10.1. The Balaban J connectivity index is 2.44. The van der Waals surface area contributed by atoms with Crippen molar-refractivity contribution < 1.29 is 14.7 Å². The van der Waals surface area contributed by atoms with E-state index in [0.29, 0.717) is 5.92 Å². The number of carbonyl (C=O) groups is 2. The molecule has 14 heavy (non-hydrogen) atoms.